The molecule has 7 nitrogen and oxygen atoms in total. The summed E-state index contributed by atoms with van der Waals surface area (Å²) in [5.41, 5.74) is 2.06. The molecule has 1 amide bonds. The summed E-state index contributed by atoms with van der Waals surface area (Å²) in [6.07, 6.45) is 0.791. The van der Waals surface area contributed by atoms with Crippen LogP contribution in [0.25, 0.3) is 23.0 Å². The Kier molecular flexibility index (Phi) is 3.15. The number of aryl methyl sites for hydroxylation is 1. The Bertz CT molecular complexity index is 774. The van der Waals surface area contributed by atoms with Crippen LogP contribution in [-0.2, 0) is 7.05 Å². The van der Waals surface area contributed by atoms with Crippen molar-refractivity contribution in [2.45, 2.75) is 0 Å². The summed E-state index contributed by atoms with van der Waals surface area (Å²) in [5, 5.41) is 14.8. The van der Waals surface area contributed by atoms with Gasteiger partial charge in [-0.1, -0.05) is 5.16 Å². The van der Waals surface area contributed by atoms with Crippen LogP contribution in [-0.4, -0.2) is 25.9 Å². The highest BCUT2D eigenvalue weighted by Gasteiger charge is 2.12. The van der Waals surface area contributed by atoms with Crippen molar-refractivity contribution in [2.75, 3.05) is 5.32 Å². The molecule has 2 aromatic heterocycles. The summed E-state index contributed by atoms with van der Waals surface area (Å²) in [4.78, 5) is 14.9. The predicted molar refractivity (Wildman–Crippen MR) is 75.8 cm³/mol. The molecule has 0 unspecified atom stereocenters. The van der Waals surface area contributed by atoms with Crippen LogP contribution in [0.5, 0.6) is 0 Å². The molecule has 0 aliphatic carbocycles. The number of nitrogens with one attached hydrogen (secondary N) is 1. The predicted octanol–water partition coefficient (Wildman–Crippen LogP) is 2.83. The van der Waals surface area contributed by atoms with Crippen molar-refractivity contribution in [3.05, 3.63) is 42.6 Å². The van der Waals surface area contributed by atoms with Gasteiger partial charge in [-0.05, 0) is 36.4 Å². The summed E-state index contributed by atoms with van der Waals surface area (Å²) in [6, 6.07) is 10.5. The maximum Gasteiger partial charge on any atom is 0.409 e. The molecule has 21 heavy (non-hydrogen) atoms. The number of hydrogen-bond donors (Lipinski definition) is 2. The van der Waals surface area contributed by atoms with E-state index in [2.05, 4.69) is 15.5 Å². The number of carboxylic acid groups (broad SMARTS) is 1. The summed E-state index contributed by atoms with van der Waals surface area (Å²) in [6.45, 7) is 0. The lowest BCUT2D eigenvalue weighted by Crippen LogP contribution is -2.06. The number of aromatic nitrogens is 3. The maximum absolute atomic E-state index is 10.5. The zero-order valence-corrected chi connectivity index (χ0v) is 11.1. The normalized spacial score (nSPS) is 10.5. The van der Waals surface area contributed by atoms with Gasteiger partial charge in [0, 0.05) is 24.5 Å². The Labute approximate surface area is 119 Å². The van der Waals surface area contributed by atoms with Crippen molar-refractivity contribution in [1.82, 2.24) is 14.7 Å². The minimum Gasteiger partial charge on any atom is -0.465 e. The lowest BCUT2D eigenvalue weighted by atomic mass is 10.2. The molecule has 0 atom stereocenters. The van der Waals surface area contributed by atoms with Gasteiger partial charge in [-0.15, -0.1) is 0 Å². The molecule has 0 aliphatic rings. The molecule has 0 fully saturated rings. The molecule has 2 heterocycles. The standard InChI is InChI=1S/C14H12N4O3/c1-18-8-2-3-11(18)13-16-12(17-21-13)9-4-6-10(7-5-9)15-14(19)20/h2-8,15H,1H3,(H,19,20). The number of anilines is 1. The third kappa shape index (κ3) is 2.62. The van der Waals surface area contributed by atoms with E-state index in [-0.39, 0.29) is 0 Å². The fourth-order valence-electron chi connectivity index (χ4n) is 1.95. The molecule has 0 aliphatic heterocycles. The molecule has 7 heteroatoms. The van der Waals surface area contributed by atoms with Crippen molar-refractivity contribution in [1.29, 1.82) is 0 Å². The Morgan fingerprint density at radius 1 is 1.29 bits per heavy atom. The maximum atomic E-state index is 10.5. The smallest absolute Gasteiger partial charge is 0.409 e. The molecule has 3 aromatic rings. The van der Waals surface area contributed by atoms with Gasteiger partial charge < -0.3 is 14.2 Å². The Balaban J connectivity index is 1.86. The molecule has 0 bridgehead atoms. The van der Waals surface area contributed by atoms with Crippen LogP contribution in [0.15, 0.2) is 47.1 Å². The van der Waals surface area contributed by atoms with E-state index in [0.29, 0.717) is 17.4 Å². The minimum absolute atomic E-state index is 0.435. The second-order valence-electron chi connectivity index (χ2n) is 4.43. The fourth-order valence-corrected chi connectivity index (χ4v) is 1.95. The van der Waals surface area contributed by atoms with E-state index in [1.54, 1.807) is 24.3 Å². The van der Waals surface area contributed by atoms with Gasteiger partial charge in [0.15, 0.2) is 0 Å². The Hall–Kier alpha value is -3.09. The highest BCUT2D eigenvalue weighted by Crippen LogP contribution is 2.23. The molecule has 0 spiro atoms. The molecule has 106 valence electrons. The van der Waals surface area contributed by atoms with Gasteiger partial charge >= 0.3 is 6.09 Å². The van der Waals surface area contributed by atoms with Crippen LogP contribution in [0.3, 0.4) is 0 Å². The van der Waals surface area contributed by atoms with E-state index < -0.39 is 6.09 Å². The third-order valence-electron chi connectivity index (χ3n) is 2.98. The number of rotatable bonds is 3. The molecule has 1 aromatic carbocycles. The van der Waals surface area contributed by atoms with Crippen molar-refractivity contribution >= 4 is 11.8 Å². The van der Waals surface area contributed by atoms with Crippen LogP contribution in [0.1, 0.15) is 0 Å². The average Bonchev–Trinajstić information content (AvgIpc) is 3.07. The lowest BCUT2D eigenvalue weighted by molar-refractivity contribution is 0.210. The van der Waals surface area contributed by atoms with Gasteiger partial charge in [0.05, 0.1) is 0 Å². The van der Waals surface area contributed by atoms with E-state index in [4.69, 9.17) is 9.63 Å². The van der Waals surface area contributed by atoms with E-state index >= 15 is 0 Å². The van der Waals surface area contributed by atoms with E-state index in [1.165, 1.54) is 0 Å². The van der Waals surface area contributed by atoms with Crippen molar-refractivity contribution in [3.63, 3.8) is 0 Å². The van der Waals surface area contributed by atoms with Crippen molar-refractivity contribution < 1.29 is 14.4 Å². The summed E-state index contributed by atoms with van der Waals surface area (Å²) in [5.74, 6) is 0.887. The first-order valence-electron chi connectivity index (χ1n) is 6.19. The SMILES string of the molecule is Cn1cccc1-c1nc(-c2ccc(NC(=O)O)cc2)no1. The van der Waals surface area contributed by atoms with Crippen LogP contribution in [0.4, 0.5) is 10.5 Å². The fraction of sp³-hybridized carbons (Fsp3) is 0.0714. The van der Waals surface area contributed by atoms with Crippen LogP contribution >= 0.6 is 0 Å². The van der Waals surface area contributed by atoms with Gasteiger partial charge in [0.2, 0.25) is 5.82 Å². The second kappa shape index (κ2) is 5.12. The van der Waals surface area contributed by atoms with Crippen LogP contribution in [0, 0.1) is 0 Å². The Morgan fingerprint density at radius 3 is 2.67 bits per heavy atom. The van der Waals surface area contributed by atoms with E-state index in [0.717, 1.165) is 11.3 Å². The van der Waals surface area contributed by atoms with Gasteiger partial charge in [0.25, 0.3) is 5.89 Å². The van der Waals surface area contributed by atoms with Crippen molar-refractivity contribution in [3.8, 4) is 23.0 Å². The number of amides is 1. The third-order valence-corrected chi connectivity index (χ3v) is 2.98. The largest absolute Gasteiger partial charge is 0.465 e. The quantitative estimate of drug-likeness (QED) is 0.771. The van der Waals surface area contributed by atoms with Gasteiger partial charge in [-0.2, -0.15) is 4.98 Å². The van der Waals surface area contributed by atoms with Gasteiger partial charge in [-0.3, -0.25) is 5.32 Å². The zero-order valence-electron chi connectivity index (χ0n) is 11.1. The first kappa shape index (κ1) is 12.9. The summed E-state index contributed by atoms with van der Waals surface area (Å²) in [7, 11) is 1.89. The number of hydrogen-bond acceptors (Lipinski definition) is 4. The number of nitrogens with zero attached hydrogens (tertiary/aromatic N) is 3. The highest BCUT2D eigenvalue weighted by atomic mass is 16.5. The molecule has 0 saturated heterocycles. The molecule has 2 N–H and O–H groups in total. The molecular weight excluding hydrogens is 272 g/mol. The molecule has 0 saturated carbocycles. The molecular formula is C14H12N4O3. The zero-order chi connectivity index (χ0) is 14.8. The van der Waals surface area contributed by atoms with Crippen LogP contribution < -0.4 is 5.32 Å². The van der Waals surface area contributed by atoms with E-state index in [9.17, 15) is 4.79 Å². The van der Waals surface area contributed by atoms with Crippen LogP contribution in [0.2, 0.25) is 0 Å². The summed E-state index contributed by atoms with van der Waals surface area (Å²) < 4.78 is 7.13. The number of benzene rings is 1. The van der Waals surface area contributed by atoms with Gasteiger partial charge in [-0.25, -0.2) is 4.79 Å². The van der Waals surface area contributed by atoms with Gasteiger partial charge in [0.1, 0.15) is 5.69 Å². The van der Waals surface area contributed by atoms with E-state index in [1.807, 2.05) is 29.9 Å². The monoisotopic (exact) mass is 284 g/mol. The first-order chi connectivity index (χ1) is 10.1. The Morgan fingerprint density at radius 2 is 2.05 bits per heavy atom. The molecule has 0 radical (unpaired) electrons. The highest BCUT2D eigenvalue weighted by molar-refractivity contribution is 5.83. The topological polar surface area (TPSA) is 93.2 Å². The summed E-state index contributed by atoms with van der Waals surface area (Å²) >= 11 is 0. The molecule has 3 rings (SSSR count). The minimum atomic E-state index is -1.10. The second-order valence-corrected chi connectivity index (χ2v) is 4.43. The van der Waals surface area contributed by atoms with Crippen molar-refractivity contribution in [2.24, 2.45) is 7.05 Å². The average molecular weight is 284 g/mol. The first-order valence-corrected chi connectivity index (χ1v) is 6.19. The lowest BCUT2D eigenvalue weighted by Gasteiger charge is -2.00. The number of carbonyl (C=O) groups is 1.